The summed E-state index contributed by atoms with van der Waals surface area (Å²) >= 11 is 1.15. The zero-order valence-corrected chi connectivity index (χ0v) is 17.3. The minimum atomic E-state index is -4.78. The highest BCUT2D eigenvalue weighted by atomic mass is 32.2. The second kappa shape index (κ2) is 9.25. The van der Waals surface area contributed by atoms with Gasteiger partial charge in [0.05, 0.1) is 10.9 Å². The molecular formula is C21H18F3N3O3S. The Hall–Kier alpha value is -3.27. The smallest absolute Gasteiger partial charge is 0.406 e. The summed E-state index contributed by atoms with van der Waals surface area (Å²) in [6.07, 6.45) is -4.78. The van der Waals surface area contributed by atoms with Crippen LogP contribution in [-0.4, -0.2) is 27.3 Å². The van der Waals surface area contributed by atoms with Crippen LogP contribution in [0.1, 0.15) is 12.5 Å². The Balaban J connectivity index is 1.66. The molecule has 10 heteroatoms. The first-order valence-electron chi connectivity index (χ1n) is 9.11. The molecule has 0 saturated carbocycles. The fourth-order valence-electron chi connectivity index (χ4n) is 2.55. The van der Waals surface area contributed by atoms with Crippen LogP contribution in [-0.2, 0) is 4.79 Å². The highest BCUT2D eigenvalue weighted by Crippen LogP contribution is 2.25. The highest BCUT2D eigenvalue weighted by Gasteiger charge is 2.31. The molecule has 6 nitrogen and oxygen atoms in total. The van der Waals surface area contributed by atoms with E-state index in [1.54, 1.807) is 19.1 Å². The van der Waals surface area contributed by atoms with Gasteiger partial charge in [-0.2, -0.15) is 9.78 Å². The largest absolute Gasteiger partial charge is 0.573 e. The predicted octanol–water partition coefficient (Wildman–Crippen LogP) is 4.56. The number of amides is 1. The molecule has 0 saturated heterocycles. The number of rotatable bonds is 6. The van der Waals surface area contributed by atoms with Crippen LogP contribution in [0.15, 0.2) is 70.5 Å². The average Bonchev–Trinajstić information content (AvgIpc) is 2.70. The van der Waals surface area contributed by atoms with Crippen molar-refractivity contribution in [2.24, 2.45) is 0 Å². The molecule has 0 aliphatic rings. The number of anilines is 1. The molecule has 0 radical (unpaired) electrons. The van der Waals surface area contributed by atoms with Crippen LogP contribution in [0.25, 0.3) is 5.69 Å². The van der Waals surface area contributed by atoms with E-state index >= 15 is 0 Å². The van der Waals surface area contributed by atoms with Crippen molar-refractivity contribution in [2.45, 2.75) is 30.5 Å². The number of aromatic nitrogens is 2. The van der Waals surface area contributed by atoms with E-state index < -0.39 is 11.6 Å². The van der Waals surface area contributed by atoms with E-state index in [9.17, 15) is 22.8 Å². The topological polar surface area (TPSA) is 73.2 Å². The number of carbonyl (C=O) groups excluding carboxylic acids is 1. The van der Waals surface area contributed by atoms with Crippen LogP contribution >= 0.6 is 11.8 Å². The lowest BCUT2D eigenvalue weighted by atomic mass is 10.2. The zero-order valence-electron chi connectivity index (χ0n) is 16.5. The van der Waals surface area contributed by atoms with Crippen LogP contribution in [0.5, 0.6) is 5.75 Å². The maximum Gasteiger partial charge on any atom is 0.573 e. The Labute approximate surface area is 180 Å². The molecule has 1 N–H and O–H groups in total. The van der Waals surface area contributed by atoms with E-state index in [2.05, 4.69) is 15.2 Å². The highest BCUT2D eigenvalue weighted by molar-refractivity contribution is 8.00. The summed E-state index contributed by atoms with van der Waals surface area (Å²) in [5, 5.41) is 6.82. The normalized spacial score (nSPS) is 12.3. The third-order valence-corrected chi connectivity index (χ3v) is 5.10. The summed E-state index contributed by atoms with van der Waals surface area (Å²) in [7, 11) is 0. The van der Waals surface area contributed by atoms with Crippen LogP contribution in [0.4, 0.5) is 18.9 Å². The van der Waals surface area contributed by atoms with Gasteiger partial charge < -0.3 is 10.1 Å². The molecule has 2 aromatic carbocycles. The van der Waals surface area contributed by atoms with Gasteiger partial charge >= 0.3 is 6.36 Å². The van der Waals surface area contributed by atoms with E-state index in [1.165, 1.54) is 28.9 Å². The first-order valence-corrected chi connectivity index (χ1v) is 9.99. The molecule has 0 fully saturated rings. The van der Waals surface area contributed by atoms with Gasteiger partial charge in [0.1, 0.15) is 10.8 Å². The van der Waals surface area contributed by atoms with Gasteiger partial charge in [-0.15, -0.1) is 13.2 Å². The fraction of sp³-hybridized carbons (Fsp3) is 0.190. The molecule has 0 aliphatic heterocycles. The molecule has 1 heterocycles. The lowest BCUT2D eigenvalue weighted by molar-refractivity contribution is -0.274. The molecule has 1 aromatic heterocycles. The van der Waals surface area contributed by atoms with Gasteiger partial charge in [0.25, 0.3) is 5.56 Å². The predicted molar refractivity (Wildman–Crippen MR) is 112 cm³/mol. The maximum absolute atomic E-state index is 12.5. The van der Waals surface area contributed by atoms with E-state index in [0.717, 1.165) is 29.5 Å². The lowest BCUT2D eigenvalue weighted by Gasteiger charge is -2.13. The second-order valence-electron chi connectivity index (χ2n) is 6.58. The zero-order chi connectivity index (χ0) is 22.6. The molecule has 3 rings (SSSR count). The number of carbonyl (C=O) groups is 1. The van der Waals surface area contributed by atoms with Gasteiger partial charge in [-0.25, -0.2) is 0 Å². The summed E-state index contributed by atoms with van der Waals surface area (Å²) in [5.41, 5.74) is 1.68. The van der Waals surface area contributed by atoms with Crippen molar-refractivity contribution >= 4 is 23.4 Å². The van der Waals surface area contributed by atoms with Gasteiger partial charge in [0.2, 0.25) is 5.91 Å². The van der Waals surface area contributed by atoms with Gasteiger partial charge in [-0.3, -0.25) is 9.59 Å². The Bertz CT molecular complexity index is 1110. The summed E-state index contributed by atoms with van der Waals surface area (Å²) in [4.78, 5) is 24.6. The number of thioether (sulfide) groups is 1. The number of nitrogens with zero attached hydrogens (tertiary/aromatic N) is 2. The van der Waals surface area contributed by atoms with Crippen molar-refractivity contribution in [3.05, 3.63) is 76.6 Å². The van der Waals surface area contributed by atoms with Gasteiger partial charge in [0, 0.05) is 11.8 Å². The van der Waals surface area contributed by atoms with Crippen LogP contribution in [0.3, 0.4) is 0 Å². The Morgan fingerprint density at radius 1 is 1.06 bits per heavy atom. The number of nitrogens with one attached hydrogen (secondary N) is 1. The summed E-state index contributed by atoms with van der Waals surface area (Å²) in [5.74, 6) is -0.750. The molecule has 0 bridgehead atoms. The van der Waals surface area contributed by atoms with Crippen LogP contribution in [0, 0.1) is 6.92 Å². The quantitative estimate of drug-likeness (QED) is 0.559. The number of ether oxygens (including phenoxy) is 1. The molecule has 162 valence electrons. The number of halogens is 3. The Morgan fingerprint density at radius 3 is 2.32 bits per heavy atom. The summed E-state index contributed by atoms with van der Waals surface area (Å²) in [6.45, 7) is 3.59. The lowest BCUT2D eigenvalue weighted by Crippen LogP contribution is -2.24. The molecule has 1 unspecified atom stereocenters. The minimum Gasteiger partial charge on any atom is -0.406 e. The number of alkyl halides is 3. The van der Waals surface area contributed by atoms with E-state index in [1.807, 2.05) is 19.1 Å². The summed E-state index contributed by atoms with van der Waals surface area (Å²) in [6, 6.07) is 15.0. The van der Waals surface area contributed by atoms with Crippen LogP contribution < -0.4 is 15.6 Å². The molecule has 1 atom stereocenters. The van der Waals surface area contributed by atoms with Gasteiger partial charge in [0.15, 0.2) is 0 Å². The molecule has 3 aromatic rings. The van der Waals surface area contributed by atoms with Crippen molar-refractivity contribution in [1.29, 1.82) is 0 Å². The Kier molecular flexibility index (Phi) is 6.69. The third kappa shape index (κ3) is 6.35. The fourth-order valence-corrected chi connectivity index (χ4v) is 3.35. The van der Waals surface area contributed by atoms with Crippen molar-refractivity contribution < 1.29 is 22.7 Å². The minimum absolute atomic E-state index is 0.300. The number of aryl methyl sites for hydroxylation is 1. The second-order valence-corrected chi connectivity index (χ2v) is 7.94. The van der Waals surface area contributed by atoms with E-state index in [-0.39, 0.29) is 17.2 Å². The maximum atomic E-state index is 12.5. The summed E-state index contributed by atoms with van der Waals surface area (Å²) < 4.78 is 41.7. The molecule has 0 spiro atoms. The first kappa shape index (κ1) is 22.4. The number of hydrogen-bond acceptors (Lipinski definition) is 5. The Morgan fingerprint density at radius 2 is 1.71 bits per heavy atom. The number of hydrogen-bond donors (Lipinski definition) is 1. The monoisotopic (exact) mass is 449 g/mol. The molecule has 1 amide bonds. The van der Waals surface area contributed by atoms with Crippen molar-refractivity contribution in [3.63, 3.8) is 0 Å². The molecular weight excluding hydrogens is 431 g/mol. The SMILES string of the molecule is Cc1ccc(-n2nc(SC(C)C(=O)Nc3ccc(OC(F)(F)F)cc3)ccc2=O)cc1. The molecule has 31 heavy (non-hydrogen) atoms. The van der Waals surface area contributed by atoms with Crippen molar-refractivity contribution in [3.8, 4) is 11.4 Å². The van der Waals surface area contributed by atoms with E-state index in [4.69, 9.17) is 0 Å². The van der Waals surface area contributed by atoms with Crippen molar-refractivity contribution in [1.82, 2.24) is 9.78 Å². The van der Waals surface area contributed by atoms with Gasteiger partial charge in [-0.1, -0.05) is 29.5 Å². The standard InChI is InChI=1S/C21H18F3N3O3S/c1-13-3-7-16(8-4-13)27-19(28)12-11-18(26-27)31-14(2)20(29)25-15-5-9-17(10-6-15)30-21(22,23)24/h3-12,14H,1-2H3,(H,25,29). The van der Waals surface area contributed by atoms with Gasteiger partial charge in [-0.05, 0) is 56.3 Å². The first-order chi connectivity index (χ1) is 14.6. The third-order valence-electron chi connectivity index (χ3n) is 4.08. The van der Waals surface area contributed by atoms with E-state index in [0.29, 0.717) is 16.4 Å². The van der Waals surface area contributed by atoms with Crippen LogP contribution in [0.2, 0.25) is 0 Å². The molecule has 0 aliphatic carbocycles. The van der Waals surface area contributed by atoms with Crippen molar-refractivity contribution in [2.75, 3.05) is 5.32 Å². The average molecular weight is 449 g/mol. The number of benzene rings is 2.